The Kier molecular flexibility index (Phi) is 3.74. The fourth-order valence-corrected chi connectivity index (χ4v) is 3.26. The molecule has 108 valence electrons. The predicted molar refractivity (Wildman–Crippen MR) is 82.4 cm³/mol. The zero-order valence-electron chi connectivity index (χ0n) is 12.3. The third kappa shape index (κ3) is 2.23. The van der Waals surface area contributed by atoms with E-state index in [-0.39, 0.29) is 5.38 Å². The molecule has 0 bridgehead atoms. The number of fused-ring (bicyclic) bond motifs is 1. The second-order valence-electron chi connectivity index (χ2n) is 5.60. The van der Waals surface area contributed by atoms with Gasteiger partial charge < -0.3 is 9.30 Å². The molecule has 0 amide bonds. The number of alkyl halides is 1. The van der Waals surface area contributed by atoms with Crippen LogP contribution in [0.2, 0.25) is 0 Å². The van der Waals surface area contributed by atoms with Crippen molar-refractivity contribution in [3.05, 3.63) is 29.6 Å². The van der Waals surface area contributed by atoms with Gasteiger partial charge in [-0.1, -0.05) is 12.1 Å². The molecule has 0 radical (unpaired) electrons. The predicted octanol–water partition coefficient (Wildman–Crippen LogP) is 4.38. The lowest BCUT2D eigenvalue weighted by molar-refractivity contribution is -0.0193. The van der Waals surface area contributed by atoms with Gasteiger partial charge in [0.1, 0.15) is 5.82 Å². The van der Waals surface area contributed by atoms with Gasteiger partial charge in [-0.05, 0) is 45.2 Å². The van der Waals surface area contributed by atoms with E-state index in [9.17, 15) is 0 Å². The number of rotatable bonds is 4. The van der Waals surface area contributed by atoms with E-state index in [1.54, 1.807) is 0 Å². The van der Waals surface area contributed by atoms with Gasteiger partial charge in [0.25, 0.3) is 0 Å². The molecule has 0 N–H and O–H groups in total. The van der Waals surface area contributed by atoms with Crippen molar-refractivity contribution >= 4 is 22.6 Å². The molecular weight excluding hydrogens is 272 g/mol. The van der Waals surface area contributed by atoms with Crippen molar-refractivity contribution in [3.63, 3.8) is 0 Å². The molecule has 1 aliphatic carbocycles. The Morgan fingerprint density at radius 3 is 2.85 bits per heavy atom. The van der Waals surface area contributed by atoms with Crippen molar-refractivity contribution in [1.29, 1.82) is 0 Å². The molecule has 1 heterocycles. The molecule has 2 aromatic rings. The van der Waals surface area contributed by atoms with Crippen LogP contribution in [0.5, 0.6) is 0 Å². The van der Waals surface area contributed by atoms with E-state index in [1.165, 1.54) is 11.1 Å². The second-order valence-corrected chi connectivity index (χ2v) is 6.26. The molecule has 1 aromatic heterocycles. The van der Waals surface area contributed by atoms with Crippen LogP contribution in [0.25, 0.3) is 11.0 Å². The van der Waals surface area contributed by atoms with Crippen molar-refractivity contribution in [3.8, 4) is 0 Å². The minimum atomic E-state index is -0.0760. The maximum absolute atomic E-state index is 6.34. The van der Waals surface area contributed by atoms with Gasteiger partial charge in [0.2, 0.25) is 0 Å². The minimum Gasteiger partial charge on any atom is -0.378 e. The van der Waals surface area contributed by atoms with Gasteiger partial charge in [0.05, 0.1) is 22.5 Å². The number of aryl methyl sites for hydroxylation is 1. The van der Waals surface area contributed by atoms with Gasteiger partial charge in [-0.3, -0.25) is 0 Å². The largest absolute Gasteiger partial charge is 0.378 e. The van der Waals surface area contributed by atoms with Gasteiger partial charge in [-0.25, -0.2) is 4.98 Å². The van der Waals surface area contributed by atoms with Gasteiger partial charge in [-0.15, -0.1) is 11.6 Å². The summed E-state index contributed by atoms with van der Waals surface area (Å²) in [6.45, 7) is 6.98. The van der Waals surface area contributed by atoms with E-state index in [2.05, 4.69) is 36.6 Å². The molecule has 3 nitrogen and oxygen atoms in total. The van der Waals surface area contributed by atoms with Gasteiger partial charge in [0, 0.05) is 12.6 Å². The normalized spacial score (nSPS) is 23.8. The Morgan fingerprint density at radius 1 is 1.45 bits per heavy atom. The number of nitrogens with zero attached hydrogens (tertiary/aromatic N) is 2. The standard InChI is InChI=1S/C16H21ClN2O/c1-4-20-13-8-12(9-13)19-15-10(2)6-5-7-14(15)18-16(19)11(3)17/h5-7,11-13H,4,8-9H2,1-3H3. The average Bonchev–Trinajstić information content (AvgIpc) is 2.74. The first-order valence-electron chi connectivity index (χ1n) is 7.35. The summed E-state index contributed by atoms with van der Waals surface area (Å²) in [6, 6.07) is 6.73. The van der Waals surface area contributed by atoms with Crippen LogP contribution in [0.3, 0.4) is 0 Å². The first-order valence-corrected chi connectivity index (χ1v) is 7.78. The zero-order valence-corrected chi connectivity index (χ0v) is 13.0. The smallest absolute Gasteiger partial charge is 0.127 e. The monoisotopic (exact) mass is 292 g/mol. The van der Waals surface area contributed by atoms with Crippen molar-refractivity contribution in [1.82, 2.24) is 9.55 Å². The maximum atomic E-state index is 6.34. The highest BCUT2D eigenvalue weighted by atomic mass is 35.5. The zero-order chi connectivity index (χ0) is 14.3. The van der Waals surface area contributed by atoms with Crippen LogP contribution < -0.4 is 0 Å². The summed E-state index contributed by atoms with van der Waals surface area (Å²) in [5, 5.41) is -0.0760. The Bertz CT molecular complexity index is 614. The molecule has 0 aliphatic heterocycles. The summed E-state index contributed by atoms with van der Waals surface area (Å²) in [4.78, 5) is 4.74. The molecule has 20 heavy (non-hydrogen) atoms. The molecule has 1 unspecified atom stereocenters. The van der Waals surface area contributed by atoms with Gasteiger partial charge in [0.15, 0.2) is 0 Å². The first kappa shape index (κ1) is 13.9. The Hall–Kier alpha value is -1.06. The fourth-order valence-electron chi connectivity index (χ4n) is 3.11. The Morgan fingerprint density at radius 2 is 2.20 bits per heavy atom. The lowest BCUT2D eigenvalue weighted by atomic mass is 9.88. The molecule has 1 aliphatic rings. The number of ether oxygens (including phenoxy) is 1. The highest BCUT2D eigenvalue weighted by Crippen LogP contribution is 2.40. The molecule has 0 saturated heterocycles. The van der Waals surface area contributed by atoms with Crippen molar-refractivity contribution in [2.75, 3.05) is 6.61 Å². The number of para-hydroxylation sites is 1. The molecule has 1 aromatic carbocycles. The third-order valence-electron chi connectivity index (χ3n) is 4.13. The van der Waals surface area contributed by atoms with Crippen LogP contribution in [0.15, 0.2) is 18.2 Å². The topological polar surface area (TPSA) is 27.1 Å². The summed E-state index contributed by atoms with van der Waals surface area (Å²) < 4.78 is 8.03. The lowest BCUT2D eigenvalue weighted by Gasteiger charge is -2.37. The molecule has 4 heteroatoms. The summed E-state index contributed by atoms with van der Waals surface area (Å²) in [5.74, 6) is 0.982. The van der Waals surface area contributed by atoms with E-state index in [1.807, 2.05) is 6.92 Å². The molecule has 0 spiro atoms. The number of hydrogen-bond donors (Lipinski definition) is 0. The first-order chi connectivity index (χ1) is 9.61. The van der Waals surface area contributed by atoms with Gasteiger partial charge >= 0.3 is 0 Å². The Labute approximate surface area is 124 Å². The quantitative estimate of drug-likeness (QED) is 0.782. The van der Waals surface area contributed by atoms with E-state index < -0.39 is 0 Å². The van der Waals surface area contributed by atoms with Gasteiger partial charge in [-0.2, -0.15) is 0 Å². The summed E-state index contributed by atoms with van der Waals surface area (Å²) in [7, 11) is 0. The molecule has 1 fully saturated rings. The number of imidazole rings is 1. The maximum Gasteiger partial charge on any atom is 0.127 e. The third-order valence-corrected chi connectivity index (χ3v) is 4.33. The van der Waals surface area contributed by atoms with E-state index in [4.69, 9.17) is 21.3 Å². The van der Waals surface area contributed by atoms with Crippen LogP contribution in [0.1, 0.15) is 49.5 Å². The highest BCUT2D eigenvalue weighted by molar-refractivity contribution is 6.20. The number of benzene rings is 1. The molecular formula is C16H21ClN2O. The second kappa shape index (κ2) is 5.38. The molecule has 1 saturated carbocycles. The van der Waals surface area contributed by atoms with Crippen LogP contribution >= 0.6 is 11.6 Å². The summed E-state index contributed by atoms with van der Waals surface area (Å²) in [5.41, 5.74) is 3.54. The highest BCUT2D eigenvalue weighted by Gasteiger charge is 2.34. The fraction of sp³-hybridized carbons (Fsp3) is 0.562. The molecule has 1 atom stereocenters. The van der Waals surface area contributed by atoms with E-state index in [0.29, 0.717) is 12.1 Å². The average molecular weight is 293 g/mol. The minimum absolute atomic E-state index is 0.0760. The van der Waals surface area contributed by atoms with Crippen LogP contribution in [0.4, 0.5) is 0 Å². The summed E-state index contributed by atoms with van der Waals surface area (Å²) in [6.07, 6.45) is 2.51. The van der Waals surface area contributed by atoms with Crippen molar-refractivity contribution in [2.24, 2.45) is 0 Å². The molecule has 3 rings (SSSR count). The van der Waals surface area contributed by atoms with Crippen LogP contribution in [0, 0.1) is 6.92 Å². The summed E-state index contributed by atoms with van der Waals surface area (Å²) >= 11 is 6.34. The number of halogens is 1. The number of hydrogen-bond acceptors (Lipinski definition) is 2. The van der Waals surface area contributed by atoms with E-state index >= 15 is 0 Å². The van der Waals surface area contributed by atoms with Crippen molar-refractivity contribution in [2.45, 2.75) is 51.1 Å². The van der Waals surface area contributed by atoms with Crippen LogP contribution in [-0.2, 0) is 4.74 Å². The van der Waals surface area contributed by atoms with Crippen LogP contribution in [-0.4, -0.2) is 22.3 Å². The Balaban J connectivity index is 2.02. The number of aromatic nitrogens is 2. The SMILES string of the molecule is CCOC1CC(n2c(C(C)Cl)nc3cccc(C)c32)C1. The lowest BCUT2D eigenvalue weighted by Crippen LogP contribution is -2.34. The van der Waals surface area contributed by atoms with Crippen molar-refractivity contribution < 1.29 is 4.74 Å². The van der Waals surface area contributed by atoms with E-state index in [0.717, 1.165) is 30.8 Å².